The van der Waals surface area contributed by atoms with Crippen LogP contribution in [-0.2, 0) is 4.79 Å². The van der Waals surface area contributed by atoms with Crippen LogP contribution in [-0.4, -0.2) is 5.78 Å². The Kier molecular flexibility index (Phi) is 1.37. The molecule has 0 aromatic heterocycles. The molecule has 0 saturated heterocycles. The van der Waals surface area contributed by atoms with Gasteiger partial charge in [0.05, 0.1) is 0 Å². The predicted octanol–water partition coefficient (Wildman–Crippen LogP) is 1.93. The fraction of sp³-hybridized carbons (Fsp3) is 0.667. The average Bonchev–Trinajstić information content (AvgIpc) is 2.06. The SMILES string of the molecule is O=C1[C@@H]2CC=CC[C@@H]1CC2. The molecule has 0 heterocycles. The van der Waals surface area contributed by atoms with Gasteiger partial charge in [0.15, 0.2) is 0 Å². The van der Waals surface area contributed by atoms with Crippen molar-refractivity contribution in [3.8, 4) is 0 Å². The normalized spacial score (nSPS) is 38.2. The second kappa shape index (κ2) is 2.22. The van der Waals surface area contributed by atoms with Gasteiger partial charge in [-0.05, 0) is 25.7 Å². The summed E-state index contributed by atoms with van der Waals surface area (Å²) < 4.78 is 0. The number of rotatable bonds is 0. The summed E-state index contributed by atoms with van der Waals surface area (Å²) in [6.45, 7) is 0. The van der Waals surface area contributed by atoms with Gasteiger partial charge in [-0.1, -0.05) is 12.2 Å². The summed E-state index contributed by atoms with van der Waals surface area (Å²) in [6, 6.07) is 0. The smallest absolute Gasteiger partial charge is 0.139 e. The molecule has 1 saturated carbocycles. The zero-order valence-electron chi connectivity index (χ0n) is 6.05. The van der Waals surface area contributed by atoms with Gasteiger partial charge >= 0.3 is 0 Å². The number of allylic oxidation sites excluding steroid dienone is 2. The van der Waals surface area contributed by atoms with Crippen LogP contribution < -0.4 is 0 Å². The lowest BCUT2D eigenvalue weighted by atomic mass is 10.0. The van der Waals surface area contributed by atoms with Gasteiger partial charge in [0, 0.05) is 11.8 Å². The van der Waals surface area contributed by atoms with E-state index in [0.717, 1.165) is 25.7 Å². The van der Waals surface area contributed by atoms with E-state index in [0.29, 0.717) is 17.6 Å². The van der Waals surface area contributed by atoms with E-state index >= 15 is 0 Å². The maximum Gasteiger partial charge on any atom is 0.139 e. The molecule has 54 valence electrons. The molecule has 2 aliphatic carbocycles. The number of hydrogen-bond donors (Lipinski definition) is 0. The maximum atomic E-state index is 11.4. The Balaban J connectivity index is 2.23. The summed E-state index contributed by atoms with van der Waals surface area (Å²) in [5.41, 5.74) is 0. The van der Waals surface area contributed by atoms with Crippen LogP contribution in [0.1, 0.15) is 25.7 Å². The summed E-state index contributed by atoms with van der Waals surface area (Å²) >= 11 is 0. The van der Waals surface area contributed by atoms with Gasteiger partial charge in [-0.3, -0.25) is 4.79 Å². The Morgan fingerprint density at radius 1 is 1.10 bits per heavy atom. The van der Waals surface area contributed by atoms with Crippen molar-refractivity contribution < 1.29 is 4.79 Å². The molecule has 2 aliphatic rings. The average molecular weight is 136 g/mol. The molecular formula is C9H12O. The second-order valence-electron chi connectivity index (χ2n) is 3.32. The van der Waals surface area contributed by atoms with Crippen LogP contribution in [0, 0.1) is 11.8 Å². The first kappa shape index (κ1) is 6.14. The largest absolute Gasteiger partial charge is 0.299 e. The quantitative estimate of drug-likeness (QED) is 0.465. The molecular weight excluding hydrogens is 124 g/mol. The molecule has 0 radical (unpaired) electrons. The van der Waals surface area contributed by atoms with Gasteiger partial charge in [-0.2, -0.15) is 0 Å². The van der Waals surface area contributed by atoms with Crippen molar-refractivity contribution in [3.05, 3.63) is 12.2 Å². The molecule has 1 nitrogen and oxygen atoms in total. The minimum Gasteiger partial charge on any atom is -0.299 e. The molecule has 10 heavy (non-hydrogen) atoms. The fourth-order valence-electron chi connectivity index (χ4n) is 2.01. The molecule has 0 amide bonds. The zero-order valence-corrected chi connectivity index (χ0v) is 6.05. The van der Waals surface area contributed by atoms with E-state index in [-0.39, 0.29) is 0 Å². The molecule has 0 unspecified atom stereocenters. The Morgan fingerprint density at radius 2 is 1.60 bits per heavy atom. The first-order valence-corrected chi connectivity index (χ1v) is 4.06. The third kappa shape index (κ3) is 0.808. The van der Waals surface area contributed by atoms with Crippen LogP contribution in [0.15, 0.2) is 12.2 Å². The van der Waals surface area contributed by atoms with Crippen molar-refractivity contribution in [3.63, 3.8) is 0 Å². The lowest BCUT2D eigenvalue weighted by Gasteiger charge is -2.01. The number of carbonyl (C=O) groups is 1. The molecule has 2 bridgehead atoms. The molecule has 0 aromatic carbocycles. The summed E-state index contributed by atoms with van der Waals surface area (Å²) in [4.78, 5) is 11.4. The predicted molar refractivity (Wildman–Crippen MR) is 39.6 cm³/mol. The van der Waals surface area contributed by atoms with Crippen molar-refractivity contribution in [2.75, 3.05) is 0 Å². The van der Waals surface area contributed by atoms with Gasteiger partial charge in [-0.25, -0.2) is 0 Å². The van der Waals surface area contributed by atoms with E-state index in [9.17, 15) is 4.79 Å². The van der Waals surface area contributed by atoms with E-state index in [1.54, 1.807) is 0 Å². The number of hydrogen-bond acceptors (Lipinski definition) is 1. The standard InChI is InChI=1S/C9H12O/c10-9-7-3-1-2-4-8(9)6-5-7/h1-2,7-8H,3-6H2/t7-,8-/m1/s1. The number of Topliss-reactive ketones (excluding diaryl/α,β-unsaturated/α-hetero) is 1. The highest BCUT2D eigenvalue weighted by Gasteiger charge is 2.33. The third-order valence-corrected chi connectivity index (χ3v) is 2.68. The van der Waals surface area contributed by atoms with E-state index in [1.807, 2.05) is 0 Å². The van der Waals surface area contributed by atoms with Gasteiger partial charge in [0.25, 0.3) is 0 Å². The number of carbonyl (C=O) groups excluding carboxylic acids is 1. The van der Waals surface area contributed by atoms with E-state index in [2.05, 4.69) is 12.2 Å². The highest BCUT2D eigenvalue weighted by Crippen LogP contribution is 2.34. The van der Waals surface area contributed by atoms with Crippen LogP contribution in [0.5, 0.6) is 0 Å². The second-order valence-corrected chi connectivity index (χ2v) is 3.32. The van der Waals surface area contributed by atoms with Crippen molar-refractivity contribution in [2.24, 2.45) is 11.8 Å². The molecule has 0 spiro atoms. The van der Waals surface area contributed by atoms with Crippen molar-refractivity contribution in [2.45, 2.75) is 25.7 Å². The summed E-state index contributed by atoms with van der Waals surface area (Å²) in [6.07, 6.45) is 8.65. The van der Waals surface area contributed by atoms with Crippen LogP contribution >= 0.6 is 0 Å². The van der Waals surface area contributed by atoms with Gasteiger partial charge in [0.2, 0.25) is 0 Å². The third-order valence-electron chi connectivity index (χ3n) is 2.68. The Labute approximate surface area is 61.1 Å². The lowest BCUT2D eigenvalue weighted by molar-refractivity contribution is -0.123. The minimum atomic E-state index is 0.392. The first-order valence-electron chi connectivity index (χ1n) is 4.06. The van der Waals surface area contributed by atoms with Crippen LogP contribution in [0.4, 0.5) is 0 Å². The van der Waals surface area contributed by atoms with Crippen LogP contribution in [0.3, 0.4) is 0 Å². The Bertz CT molecular complexity index is 163. The van der Waals surface area contributed by atoms with Gasteiger partial charge in [0.1, 0.15) is 5.78 Å². The van der Waals surface area contributed by atoms with Crippen molar-refractivity contribution >= 4 is 5.78 Å². The molecule has 0 N–H and O–H groups in total. The molecule has 0 aromatic rings. The summed E-state index contributed by atoms with van der Waals surface area (Å²) in [7, 11) is 0. The topological polar surface area (TPSA) is 17.1 Å². The first-order chi connectivity index (χ1) is 4.88. The maximum absolute atomic E-state index is 11.4. The van der Waals surface area contributed by atoms with Crippen LogP contribution in [0.2, 0.25) is 0 Å². The van der Waals surface area contributed by atoms with Crippen LogP contribution in [0.25, 0.3) is 0 Å². The Morgan fingerprint density at radius 3 is 2.10 bits per heavy atom. The highest BCUT2D eigenvalue weighted by atomic mass is 16.1. The highest BCUT2D eigenvalue weighted by molar-refractivity contribution is 5.86. The summed E-state index contributed by atoms with van der Waals surface area (Å²) in [5.74, 6) is 1.32. The Hall–Kier alpha value is -0.590. The number of fused-ring (bicyclic) bond motifs is 2. The molecule has 0 aliphatic heterocycles. The molecule has 2 atom stereocenters. The zero-order chi connectivity index (χ0) is 6.97. The number of ketones is 1. The molecule has 1 heteroatoms. The minimum absolute atomic E-state index is 0.392. The van der Waals surface area contributed by atoms with Gasteiger partial charge < -0.3 is 0 Å². The van der Waals surface area contributed by atoms with E-state index in [4.69, 9.17) is 0 Å². The van der Waals surface area contributed by atoms with Gasteiger partial charge in [-0.15, -0.1) is 0 Å². The summed E-state index contributed by atoms with van der Waals surface area (Å²) in [5, 5.41) is 0. The molecule has 1 fully saturated rings. The van der Waals surface area contributed by atoms with Crippen molar-refractivity contribution in [1.82, 2.24) is 0 Å². The molecule has 2 rings (SSSR count). The van der Waals surface area contributed by atoms with E-state index in [1.165, 1.54) is 0 Å². The monoisotopic (exact) mass is 136 g/mol. The van der Waals surface area contributed by atoms with E-state index < -0.39 is 0 Å². The van der Waals surface area contributed by atoms with Crippen molar-refractivity contribution in [1.29, 1.82) is 0 Å². The fourth-order valence-corrected chi connectivity index (χ4v) is 2.01. The lowest BCUT2D eigenvalue weighted by Crippen LogP contribution is -2.10.